The molecule has 0 saturated heterocycles. The summed E-state index contributed by atoms with van der Waals surface area (Å²) in [6.07, 6.45) is 1.60. The van der Waals surface area contributed by atoms with E-state index in [1.807, 2.05) is 25.1 Å². The maximum Gasteiger partial charge on any atom is 0.222 e. The number of benzene rings is 1. The summed E-state index contributed by atoms with van der Waals surface area (Å²) in [5.74, 6) is 0.392. The summed E-state index contributed by atoms with van der Waals surface area (Å²) < 4.78 is 0. The average molecular weight is 411 g/mol. The fraction of sp³-hybridized carbons (Fsp3) is 0.286. The zero-order valence-corrected chi connectivity index (χ0v) is 17.3. The molecule has 3 N–H and O–H groups in total. The molecule has 1 aromatic heterocycles. The van der Waals surface area contributed by atoms with Gasteiger partial charge < -0.3 is 5.32 Å². The van der Waals surface area contributed by atoms with Crippen LogP contribution in [0.5, 0.6) is 0 Å². The van der Waals surface area contributed by atoms with Crippen LogP contribution in [0.25, 0.3) is 0 Å². The first-order valence-corrected chi connectivity index (χ1v) is 9.67. The van der Waals surface area contributed by atoms with Crippen LogP contribution in [-0.4, -0.2) is 40.4 Å². The minimum absolute atomic E-state index is 0.0193. The first-order valence-electron chi connectivity index (χ1n) is 9.29. The Kier molecular flexibility index (Phi) is 5.79. The van der Waals surface area contributed by atoms with Crippen LogP contribution in [0.1, 0.15) is 38.3 Å². The van der Waals surface area contributed by atoms with Crippen LogP contribution in [-0.2, 0) is 4.79 Å². The maximum atomic E-state index is 12.4. The number of aromatic nitrogens is 1. The highest BCUT2D eigenvalue weighted by Gasteiger charge is 2.41. The van der Waals surface area contributed by atoms with Gasteiger partial charge in [0.15, 0.2) is 0 Å². The second-order valence-electron chi connectivity index (χ2n) is 7.02. The molecule has 1 atom stereocenters. The molecule has 2 heterocycles. The van der Waals surface area contributed by atoms with Crippen molar-refractivity contribution < 1.29 is 4.79 Å². The number of aliphatic imine (C=N–C) groups is 1. The monoisotopic (exact) mass is 410 g/mol. The normalized spacial score (nSPS) is 18.6. The van der Waals surface area contributed by atoms with E-state index in [1.165, 1.54) is 4.90 Å². The van der Waals surface area contributed by atoms with E-state index in [-0.39, 0.29) is 24.0 Å². The fourth-order valence-corrected chi connectivity index (χ4v) is 3.44. The molecule has 0 fully saturated rings. The number of carbonyl (C=O) groups is 1. The fourth-order valence-electron chi connectivity index (χ4n) is 3.32. The van der Waals surface area contributed by atoms with Crippen LogP contribution >= 0.6 is 11.6 Å². The molecule has 0 spiro atoms. The van der Waals surface area contributed by atoms with Crippen LogP contribution in [0.4, 0.5) is 5.82 Å². The highest BCUT2D eigenvalue weighted by Crippen LogP contribution is 2.33. The molecule has 1 aliphatic heterocycles. The first kappa shape index (κ1) is 20.7. The summed E-state index contributed by atoms with van der Waals surface area (Å²) >= 11 is 6.05. The number of hydrogen-bond acceptors (Lipinski definition) is 5. The van der Waals surface area contributed by atoms with E-state index in [0.29, 0.717) is 28.7 Å². The largest absolute Gasteiger partial charge is 0.356 e. The number of fused-ring (bicyclic) bond motifs is 1. The summed E-state index contributed by atoms with van der Waals surface area (Å²) in [7, 11) is 0. The summed E-state index contributed by atoms with van der Waals surface area (Å²) in [6, 6.07) is 10.9. The molecule has 7 nitrogen and oxygen atoms in total. The molecule has 1 unspecified atom stereocenters. The van der Waals surface area contributed by atoms with Gasteiger partial charge in [0.25, 0.3) is 0 Å². The molecule has 0 saturated carbocycles. The van der Waals surface area contributed by atoms with E-state index in [4.69, 9.17) is 27.4 Å². The zero-order chi connectivity index (χ0) is 21.2. The van der Waals surface area contributed by atoms with Crippen molar-refractivity contribution >= 4 is 40.7 Å². The third-order valence-electron chi connectivity index (χ3n) is 4.68. The van der Waals surface area contributed by atoms with Crippen molar-refractivity contribution in [3.8, 4) is 0 Å². The van der Waals surface area contributed by atoms with Crippen molar-refractivity contribution in [3.05, 3.63) is 58.7 Å². The molecule has 1 amide bonds. The minimum atomic E-state index is -1.18. The summed E-state index contributed by atoms with van der Waals surface area (Å²) in [5.41, 5.74) is 0.899. The standard InChI is InChI=1S/C21H23ClN6O/c1-4-25-17(29)12-21(3)20(24)28(13(2)23)19-16(6-5-11-26-19)18(27-21)14-7-9-15(22)10-8-14/h5-11,23-24H,4,12H2,1-3H3,(H,25,29). The van der Waals surface area contributed by atoms with Gasteiger partial charge in [0, 0.05) is 28.9 Å². The predicted octanol–water partition coefficient (Wildman–Crippen LogP) is 3.65. The number of amides is 1. The second kappa shape index (κ2) is 8.13. The van der Waals surface area contributed by atoms with Gasteiger partial charge in [-0.1, -0.05) is 23.7 Å². The molecule has 1 aliphatic rings. The van der Waals surface area contributed by atoms with Crippen molar-refractivity contribution in [1.82, 2.24) is 10.3 Å². The molecule has 150 valence electrons. The van der Waals surface area contributed by atoms with Crippen LogP contribution in [0.15, 0.2) is 47.6 Å². The number of anilines is 1. The van der Waals surface area contributed by atoms with E-state index >= 15 is 0 Å². The molecule has 1 aromatic carbocycles. The van der Waals surface area contributed by atoms with Crippen molar-refractivity contribution in [1.29, 1.82) is 10.8 Å². The number of halogens is 1. The van der Waals surface area contributed by atoms with E-state index in [1.54, 1.807) is 38.2 Å². The van der Waals surface area contributed by atoms with Gasteiger partial charge in [0.05, 0.1) is 12.1 Å². The molecular weight excluding hydrogens is 388 g/mol. The lowest BCUT2D eigenvalue weighted by molar-refractivity contribution is -0.121. The van der Waals surface area contributed by atoms with Gasteiger partial charge in [-0.2, -0.15) is 0 Å². The molecule has 0 aliphatic carbocycles. The van der Waals surface area contributed by atoms with E-state index in [9.17, 15) is 4.79 Å². The Morgan fingerprint density at radius 2 is 1.97 bits per heavy atom. The molecular formula is C21H23ClN6O. The number of amidine groups is 2. The Morgan fingerprint density at radius 1 is 1.28 bits per heavy atom. The van der Waals surface area contributed by atoms with Gasteiger partial charge in [-0.25, -0.2) is 4.98 Å². The van der Waals surface area contributed by atoms with Gasteiger partial charge in [-0.3, -0.25) is 25.5 Å². The number of nitrogens with one attached hydrogen (secondary N) is 3. The lowest BCUT2D eigenvalue weighted by atomic mass is 9.94. The number of rotatable bonds is 4. The predicted molar refractivity (Wildman–Crippen MR) is 117 cm³/mol. The third kappa shape index (κ3) is 4.05. The molecule has 2 aromatic rings. The van der Waals surface area contributed by atoms with E-state index < -0.39 is 5.54 Å². The second-order valence-corrected chi connectivity index (χ2v) is 7.45. The van der Waals surface area contributed by atoms with Gasteiger partial charge in [0.1, 0.15) is 23.0 Å². The summed E-state index contributed by atoms with van der Waals surface area (Å²) in [5, 5.41) is 20.5. The van der Waals surface area contributed by atoms with Crippen LogP contribution < -0.4 is 10.2 Å². The van der Waals surface area contributed by atoms with Crippen molar-refractivity contribution in [2.75, 3.05) is 11.4 Å². The van der Waals surface area contributed by atoms with Crippen LogP contribution in [0, 0.1) is 10.8 Å². The third-order valence-corrected chi connectivity index (χ3v) is 4.93. The van der Waals surface area contributed by atoms with Gasteiger partial charge in [-0.05, 0) is 45.0 Å². The summed E-state index contributed by atoms with van der Waals surface area (Å²) in [4.78, 5) is 23.2. The highest BCUT2D eigenvalue weighted by molar-refractivity contribution is 6.31. The Hall–Kier alpha value is -3.06. The smallest absolute Gasteiger partial charge is 0.222 e. The molecule has 0 bridgehead atoms. The van der Waals surface area contributed by atoms with Gasteiger partial charge in [-0.15, -0.1) is 0 Å². The number of nitrogens with zero attached hydrogens (tertiary/aromatic N) is 3. The first-order chi connectivity index (χ1) is 13.8. The van der Waals surface area contributed by atoms with Gasteiger partial charge in [0.2, 0.25) is 5.91 Å². The average Bonchev–Trinajstić information content (AvgIpc) is 2.76. The topological polar surface area (TPSA) is 105 Å². The van der Waals surface area contributed by atoms with Crippen LogP contribution in [0.3, 0.4) is 0 Å². The maximum absolute atomic E-state index is 12.4. The Labute approximate surface area is 174 Å². The Morgan fingerprint density at radius 3 is 2.59 bits per heavy atom. The number of carbonyl (C=O) groups excluding carboxylic acids is 1. The van der Waals surface area contributed by atoms with Gasteiger partial charge >= 0.3 is 0 Å². The van der Waals surface area contributed by atoms with Crippen molar-refractivity contribution in [3.63, 3.8) is 0 Å². The molecule has 8 heteroatoms. The van der Waals surface area contributed by atoms with Crippen molar-refractivity contribution in [2.45, 2.75) is 32.7 Å². The SMILES string of the molecule is CCNC(=O)CC1(C)N=C(c2ccc(Cl)cc2)c2cccnc2N(C(C)=N)C1=N. The lowest BCUT2D eigenvalue weighted by Gasteiger charge is -2.31. The number of hydrogen-bond donors (Lipinski definition) is 3. The Bertz CT molecular complexity index is 1000. The van der Waals surface area contributed by atoms with E-state index in [2.05, 4.69) is 10.3 Å². The van der Waals surface area contributed by atoms with E-state index in [0.717, 1.165) is 5.56 Å². The minimum Gasteiger partial charge on any atom is -0.356 e. The zero-order valence-electron chi connectivity index (χ0n) is 16.6. The molecule has 29 heavy (non-hydrogen) atoms. The molecule has 0 radical (unpaired) electrons. The molecule has 3 rings (SSSR count). The Balaban J connectivity index is 2.26. The summed E-state index contributed by atoms with van der Waals surface area (Å²) in [6.45, 7) is 5.66. The van der Waals surface area contributed by atoms with Crippen LogP contribution in [0.2, 0.25) is 5.02 Å². The lowest BCUT2D eigenvalue weighted by Crippen LogP contribution is -2.49. The quantitative estimate of drug-likeness (QED) is 0.529. The van der Waals surface area contributed by atoms with Crippen molar-refractivity contribution in [2.24, 2.45) is 4.99 Å². The number of pyridine rings is 1. The highest BCUT2D eigenvalue weighted by atomic mass is 35.5.